The molecule has 1 aromatic carbocycles. The zero-order valence-electron chi connectivity index (χ0n) is 12.6. The van der Waals surface area contributed by atoms with Gasteiger partial charge in [0.1, 0.15) is 5.82 Å². The number of nitriles is 1. The molecule has 1 heterocycles. The van der Waals surface area contributed by atoms with Crippen LogP contribution in [0.25, 0.3) is 0 Å². The SMILES string of the molecule is CN(C)C=NC1=C(C#N)CN(C(=O)c2ccc(F)cc2)CC1. The lowest BCUT2D eigenvalue weighted by Gasteiger charge is -2.27. The molecule has 0 unspecified atom stereocenters. The highest BCUT2D eigenvalue weighted by molar-refractivity contribution is 5.94. The van der Waals surface area contributed by atoms with Gasteiger partial charge in [-0.3, -0.25) is 4.79 Å². The van der Waals surface area contributed by atoms with E-state index < -0.39 is 0 Å². The standard InChI is InChI=1S/C16H17FN4O/c1-20(2)11-19-15-7-8-21(10-13(15)9-18)16(22)12-3-5-14(17)6-4-12/h3-6,11H,7-8,10H2,1-2H3. The van der Waals surface area contributed by atoms with E-state index in [9.17, 15) is 14.4 Å². The van der Waals surface area contributed by atoms with Gasteiger partial charge in [0.15, 0.2) is 0 Å². The average molecular weight is 300 g/mol. The summed E-state index contributed by atoms with van der Waals surface area (Å²) in [4.78, 5) is 20.0. The molecule has 0 saturated carbocycles. The summed E-state index contributed by atoms with van der Waals surface area (Å²) in [6, 6.07) is 7.53. The highest BCUT2D eigenvalue weighted by Crippen LogP contribution is 2.20. The van der Waals surface area contributed by atoms with Crippen molar-refractivity contribution in [1.82, 2.24) is 9.80 Å². The molecule has 0 aliphatic carbocycles. The van der Waals surface area contributed by atoms with Crippen LogP contribution >= 0.6 is 0 Å². The van der Waals surface area contributed by atoms with Gasteiger partial charge in [0.2, 0.25) is 0 Å². The maximum absolute atomic E-state index is 12.9. The zero-order chi connectivity index (χ0) is 16.1. The van der Waals surface area contributed by atoms with E-state index in [1.165, 1.54) is 24.3 Å². The molecular weight excluding hydrogens is 283 g/mol. The molecule has 22 heavy (non-hydrogen) atoms. The van der Waals surface area contributed by atoms with Crippen LogP contribution in [0, 0.1) is 17.1 Å². The minimum atomic E-state index is -0.381. The second-order valence-electron chi connectivity index (χ2n) is 5.23. The number of rotatable bonds is 3. The highest BCUT2D eigenvalue weighted by Gasteiger charge is 2.23. The number of halogens is 1. The molecule has 6 heteroatoms. The fourth-order valence-electron chi connectivity index (χ4n) is 2.13. The molecule has 0 spiro atoms. The number of aliphatic imine (C=N–C) groups is 1. The number of amides is 1. The Bertz CT molecular complexity index is 656. The van der Waals surface area contributed by atoms with Crippen LogP contribution in [0.4, 0.5) is 4.39 Å². The van der Waals surface area contributed by atoms with Gasteiger partial charge in [-0.25, -0.2) is 9.38 Å². The first kappa shape index (κ1) is 15.7. The second-order valence-corrected chi connectivity index (χ2v) is 5.23. The monoisotopic (exact) mass is 300 g/mol. The Morgan fingerprint density at radius 1 is 1.41 bits per heavy atom. The van der Waals surface area contributed by atoms with Crippen molar-refractivity contribution in [3.05, 3.63) is 46.9 Å². The van der Waals surface area contributed by atoms with Crippen molar-refractivity contribution in [3.63, 3.8) is 0 Å². The van der Waals surface area contributed by atoms with Crippen molar-refractivity contribution >= 4 is 12.2 Å². The van der Waals surface area contributed by atoms with Gasteiger partial charge in [0.05, 0.1) is 30.2 Å². The summed E-state index contributed by atoms with van der Waals surface area (Å²) in [7, 11) is 3.70. The minimum absolute atomic E-state index is 0.205. The largest absolute Gasteiger partial charge is 0.369 e. The van der Waals surface area contributed by atoms with Crippen molar-refractivity contribution < 1.29 is 9.18 Å². The van der Waals surface area contributed by atoms with Gasteiger partial charge < -0.3 is 9.80 Å². The van der Waals surface area contributed by atoms with Crippen LogP contribution < -0.4 is 0 Å². The second kappa shape index (κ2) is 6.85. The molecule has 0 bridgehead atoms. The van der Waals surface area contributed by atoms with Crippen LogP contribution in [0.15, 0.2) is 40.5 Å². The molecule has 0 atom stereocenters. The van der Waals surface area contributed by atoms with Crippen LogP contribution in [-0.4, -0.2) is 49.2 Å². The molecule has 0 saturated heterocycles. The molecule has 1 aliphatic rings. The summed E-state index contributed by atoms with van der Waals surface area (Å²) in [5.41, 5.74) is 1.61. The zero-order valence-corrected chi connectivity index (χ0v) is 12.6. The Labute approximate surface area is 129 Å². The summed E-state index contributed by atoms with van der Waals surface area (Å²) >= 11 is 0. The van der Waals surface area contributed by atoms with Gasteiger partial charge in [-0.2, -0.15) is 5.26 Å². The molecule has 1 aliphatic heterocycles. The fourth-order valence-corrected chi connectivity index (χ4v) is 2.13. The third kappa shape index (κ3) is 3.70. The smallest absolute Gasteiger partial charge is 0.254 e. The summed E-state index contributed by atoms with van der Waals surface area (Å²) in [5, 5.41) is 9.25. The van der Waals surface area contributed by atoms with Crippen molar-refractivity contribution in [1.29, 1.82) is 5.26 Å². The minimum Gasteiger partial charge on any atom is -0.369 e. The Morgan fingerprint density at radius 2 is 2.09 bits per heavy atom. The topological polar surface area (TPSA) is 59.7 Å². The molecule has 0 N–H and O–H groups in total. The molecule has 0 aromatic heterocycles. The van der Waals surface area contributed by atoms with Gasteiger partial charge >= 0.3 is 0 Å². The Hall–Kier alpha value is -2.68. The third-order valence-corrected chi connectivity index (χ3v) is 3.27. The maximum atomic E-state index is 12.9. The van der Waals surface area contributed by atoms with E-state index in [0.29, 0.717) is 29.8 Å². The molecule has 5 nitrogen and oxygen atoms in total. The Morgan fingerprint density at radius 3 is 2.68 bits per heavy atom. The van der Waals surface area contributed by atoms with Gasteiger partial charge in [-0.15, -0.1) is 0 Å². The van der Waals surface area contributed by atoms with Crippen LogP contribution in [0.2, 0.25) is 0 Å². The number of carbonyl (C=O) groups is 1. The number of benzene rings is 1. The molecular formula is C16H17FN4O. The molecule has 114 valence electrons. The van der Waals surface area contributed by atoms with E-state index in [2.05, 4.69) is 11.1 Å². The Kier molecular flexibility index (Phi) is 4.89. The van der Waals surface area contributed by atoms with Gasteiger partial charge in [0.25, 0.3) is 5.91 Å². The van der Waals surface area contributed by atoms with Crippen LogP contribution in [0.1, 0.15) is 16.8 Å². The molecule has 1 aromatic rings. The number of hydrogen-bond acceptors (Lipinski definition) is 3. The lowest BCUT2D eigenvalue weighted by atomic mass is 10.1. The molecule has 1 amide bonds. The predicted molar refractivity (Wildman–Crippen MR) is 81.7 cm³/mol. The van der Waals surface area contributed by atoms with Crippen molar-refractivity contribution in [2.45, 2.75) is 6.42 Å². The summed E-state index contributed by atoms with van der Waals surface area (Å²) < 4.78 is 12.9. The van der Waals surface area contributed by atoms with E-state index >= 15 is 0 Å². The fraction of sp³-hybridized carbons (Fsp3) is 0.312. The normalized spacial score (nSPS) is 15.1. The van der Waals surface area contributed by atoms with Crippen LogP contribution in [0.5, 0.6) is 0 Å². The van der Waals surface area contributed by atoms with E-state index in [1.807, 2.05) is 14.1 Å². The molecule has 0 fully saturated rings. The summed E-state index contributed by atoms with van der Waals surface area (Å²) in [6.45, 7) is 0.717. The first-order chi connectivity index (χ1) is 10.5. The van der Waals surface area contributed by atoms with Crippen LogP contribution in [0.3, 0.4) is 0 Å². The molecule has 2 rings (SSSR count). The van der Waals surface area contributed by atoms with E-state index in [1.54, 1.807) is 16.1 Å². The van der Waals surface area contributed by atoms with E-state index in [4.69, 9.17) is 0 Å². The third-order valence-electron chi connectivity index (χ3n) is 3.27. The van der Waals surface area contributed by atoms with Crippen molar-refractivity contribution in [3.8, 4) is 6.07 Å². The predicted octanol–water partition coefficient (Wildman–Crippen LogP) is 2.04. The summed E-state index contributed by atoms with van der Waals surface area (Å²) in [5.74, 6) is -0.587. The van der Waals surface area contributed by atoms with Crippen LogP contribution in [-0.2, 0) is 0 Å². The van der Waals surface area contributed by atoms with Crippen molar-refractivity contribution in [2.75, 3.05) is 27.2 Å². The quantitative estimate of drug-likeness (QED) is 0.634. The number of carbonyl (C=O) groups excluding carboxylic acids is 1. The average Bonchev–Trinajstić information content (AvgIpc) is 2.52. The van der Waals surface area contributed by atoms with Gasteiger partial charge in [0, 0.05) is 32.6 Å². The number of hydrogen-bond donors (Lipinski definition) is 0. The highest BCUT2D eigenvalue weighted by atomic mass is 19.1. The lowest BCUT2D eigenvalue weighted by Crippen LogP contribution is -2.36. The van der Waals surface area contributed by atoms with E-state index in [0.717, 1.165) is 0 Å². The summed E-state index contributed by atoms with van der Waals surface area (Å²) in [6.07, 6.45) is 2.17. The van der Waals surface area contributed by atoms with E-state index in [-0.39, 0.29) is 18.3 Å². The Balaban J connectivity index is 2.15. The molecule has 0 radical (unpaired) electrons. The number of nitrogens with zero attached hydrogens (tertiary/aromatic N) is 4. The maximum Gasteiger partial charge on any atom is 0.254 e. The van der Waals surface area contributed by atoms with Crippen molar-refractivity contribution in [2.24, 2.45) is 4.99 Å². The first-order valence-electron chi connectivity index (χ1n) is 6.89. The lowest BCUT2D eigenvalue weighted by molar-refractivity contribution is 0.0765. The van der Waals surface area contributed by atoms with Gasteiger partial charge in [-0.1, -0.05) is 0 Å². The van der Waals surface area contributed by atoms with Gasteiger partial charge in [-0.05, 0) is 24.3 Å². The first-order valence-corrected chi connectivity index (χ1v) is 6.89.